The number of imidazole rings is 1. The number of aromatic carboxylic acids is 1. The molecule has 0 saturated carbocycles. The van der Waals surface area contributed by atoms with E-state index in [1.807, 2.05) is 38.1 Å². The summed E-state index contributed by atoms with van der Waals surface area (Å²) in [5.74, 6) is -1.21. The number of amides is 1. The first-order chi connectivity index (χ1) is 18.2. The molecule has 1 aromatic heterocycles. The van der Waals surface area contributed by atoms with Crippen LogP contribution in [0.15, 0.2) is 58.8 Å². The second-order valence-electron chi connectivity index (χ2n) is 10.9. The van der Waals surface area contributed by atoms with E-state index in [2.05, 4.69) is 15.3 Å². The second kappa shape index (κ2) is 8.82. The molecule has 1 amide bonds. The van der Waals surface area contributed by atoms with Gasteiger partial charge in [-0.1, -0.05) is 27.9 Å². The fourth-order valence-corrected chi connectivity index (χ4v) is 6.26. The summed E-state index contributed by atoms with van der Waals surface area (Å²) in [6, 6.07) is 11.9. The number of ketones is 1. The highest BCUT2D eigenvalue weighted by molar-refractivity contribution is 6.06. The highest BCUT2D eigenvalue weighted by Gasteiger charge is 2.57. The summed E-state index contributed by atoms with van der Waals surface area (Å²) >= 11 is 0. The second-order valence-corrected chi connectivity index (χ2v) is 10.9. The third-order valence-corrected chi connectivity index (χ3v) is 8.26. The van der Waals surface area contributed by atoms with Crippen LogP contribution in [0.2, 0.25) is 0 Å². The maximum absolute atomic E-state index is 14.1. The predicted octanol–water partition coefficient (Wildman–Crippen LogP) is 4.28. The van der Waals surface area contributed by atoms with Gasteiger partial charge in [0.2, 0.25) is 17.3 Å². The highest BCUT2D eigenvalue weighted by atomic mass is 16.4. The van der Waals surface area contributed by atoms with Crippen molar-refractivity contribution in [3.63, 3.8) is 0 Å². The number of rotatable bonds is 4. The molecule has 1 unspecified atom stereocenters. The molecule has 0 bridgehead atoms. The molecule has 3 heterocycles. The van der Waals surface area contributed by atoms with Crippen molar-refractivity contribution in [3.05, 3.63) is 65.1 Å². The number of aromatic nitrogens is 2. The molecule has 1 aliphatic carbocycles. The van der Waals surface area contributed by atoms with E-state index in [0.717, 1.165) is 49.1 Å². The molecule has 0 radical (unpaired) electrons. The van der Waals surface area contributed by atoms with Crippen molar-refractivity contribution < 1.29 is 24.1 Å². The number of Topliss-reactive ketones (excluding diaryl/α,β-unsaturated/α-hetero) is 1. The monoisotopic (exact) mass is 512 g/mol. The van der Waals surface area contributed by atoms with Gasteiger partial charge in [0.05, 0.1) is 22.8 Å². The zero-order valence-corrected chi connectivity index (χ0v) is 21.5. The molecule has 2 aromatic carbocycles. The number of allylic oxidation sites excluding steroid dienone is 2. The Bertz CT molecular complexity index is 1560. The van der Waals surface area contributed by atoms with E-state index in [4.69, 9.17) is 5.10 Å². The van der Waals surface area contributed by atoms with Crippen LogP contribution in [0, 0.1) is 5.41 Å². The Balaban J connectivity index is 1.37. The average Bonchev–Trinajstić information content (AvgIpc) is 3.51. The van der Waals surface area contributed by atoms with E-state index in [1.165, 1.54) is 0 Å². The Morgan fingerprint density at radius 1 is 1.05 bits per heavy atom. The minimum Gasteiger partial charge on any atom is -0.478 e. The van der Waals surface area contributed by atoms with E-state index < -0.39 is 10.6 Å². The first kappa shape index (κ1) is 24.4. The van der Waals surface area contributed by atoms with Gasteiger partial charge in [0.25, 0.3) is 0 Å². The standard InChI is InChI=1S/C29H29N5O4/c1-17(2)34(25-21(16-31-34)14-29(15-24(25)35)8-10-30-11-9-29)27(36)26-32-22-7-6-19(13-23(22)33-26)18-4-3-5-20(12-18)28(37)38/h3-7,12-13,16-17,30H,8-11,14-15H2,1-2H3,(H-,32,33,36,37,38)/p+1. The van der Waals surface area contributed by atoms with E-state index in [1.54, 1.807) is 24.4 Å². The molecule has 1 atom stereocenters. The van der Waals surface area contributed by atoms with E-state index >= 15 is 0 Å². The van der Waals surface area contributed by atoms with Gasteiger partial charge in [-0.15, -0.1) is 0 Å². The summed E-state index contributed by atoms with van der Waals surface area (Å²) in [6.07, 6.45) is 4.83. The van der Waals surface area contributed by atoms with Crippen LogP contribution in [0.4, 0.5) is 0 Å². The Labute approximate surface area is 219 Å². The van der Waals surface area contributed by atoms with Crippen molar-refractivity contribution in [3.8, 4) is 11.1 Å². The molecule has 6 rings (SSSR count). The smallest absolute Gasteiger partial charge is 0.413 e. The number of benzene rings is 2. The van der Waals surface area contributed by atoms with Crippen LogP contribution in [0.1, 0.15) is 60.5 Å². The van der Waals surface area contributed by atoms with Gasteiger partial charge in [-0.25, -0.2) is 14.6 Å². The number of quaternary nitrogens is 1. The number of hydrogen-bond donors (Lipinski definition) is 3. The number of H-pyrrole nitrogens is 1. The zero-order chi connectivity index (χ0) is 26.7. The minimum atomic E-state index is -0.994. The fourth-order valence-electron chi connectivity index (χ4n) is 6.26. The quantitative estimate of drug-likeness (QED) is 0.448. The third kappa shape index (κ3) is 3.73. The van der Waals surface area contributed by atoms with Crippen LogP contribution in [0.3, 0.4) is 0 Å². The molecule has 9 heteroatoms. The van der Waals surface area contributed by atoms with Crippen molar-refractivity contribution in [1.29, 1.82) is 0 Å². The van der Waals surface area contributed by atoms with Gasteiger partial charge < -0.3 is 15.4 Å². The number of carboxylic acid groups (broad SMARTS) is 1. The number of carbonyl (C=O) groups is 3. The van der Waals surface area contributed by atoms with E-state index in [9.17, 15) is 19.5 Å². The Morgan fingerprint density at radius 3 is 2.55 bits per heavy atom. The number of nitrogens with zero attached hydrogens (tertiary/aromatic N) is 3. The summed E-state index contributed by atoms with van der Waals surface area (Å²) in [6.45, 7) is 5.61. The summed E-state index contributed by atoms with van der Waals surface area (Å²) in [5, 5.41) is 17.4. The predicted molar refractivity (Wildman–Crippen MR) is 143 cm³/mol. The molecular weight excluding hydrogens is 482 g/mol. The van der Waals surface area contributed by atoms with Gasteiger partial charge in [-0.3, -0.25) is 4.79 Å². The lowest BCUT2D eigenvalue weighted by molar-refractivity contribution is -0.833. The Morgan fingerprint density at radius 2 is 1.82 bits per heavy atom. The lowest BCUT2D eigenvalue weighted by atomic mass is 9.67. The van der Waals surface area contributed by atoms with E-state index in [0.29, 0.717) is 23.2 Å². The number of nitrogens with one attached hydrogen (secondary N) is 2. The molecule has 3 N–H and O–H groups in total. The first-order valence-corrected chi connectivity index (χ1v) is 13.0. The van der Waals surface area contributed by atoms with Crippen LogP contribution in [-0.4, -0.2) is 62.7 Å². The van der Waals surface area contributed by atoms with Crippen molar-refractivity contribution in [2.24, 2.45) is 10.5 Å². The maximum atomic E-state index is 14.1. The van der Waals surface area contributed by atoms with Crippen LogP contribution in [-0.2, 0) is 4.79 Å². The molecule has 2 aliphatic heterocycles. The molecule has 1 spiro atoms. The van der Waals surface area contributed by atoms with Gasteiger partial charge >= 0.3 is 11.9 Å². The van der Waals surface area contributed by atoms with Crippen LogP contribution in [0.5, 0.6) is 0 Å². The minimum absolute atomic E-state index is 0.00408. The van der Waals surface area contributed by atoms with Gasteiger partial charge in [0.1, 0.15) is 6.04 Å². The normalized spacial score (nSPS) is 22.4. The van der Waals surface area contributed by atoms with Crippen molar-refractivity contribution >= 4 is 34.9 Å². The van der Waals surface area contributed by atoms with Crippen LogP contribution in [0.25, 0.3) is 22.2 Å². The summed E-state index contributed by atoms with van der Waals surface area (Å²) in [5.41, 5.74) is 4.29. The lowest BCUT2D eigenvalue weighted by Crippen LogP contribution is -2.55. The Kier molecular flexibility index (Phi) is 5.66. The fraction of sp³-hybridized carbons (Fsp3) is 0.345. The van der Waals surface area contributed by atoms with Crippen molar-refractivity contribution in [2.45, 2.75) is 45.6 Å². The largest absolute Gasteiger partial charge is 0.478 e. The first-order valence-electron chi connectivity index (χ1n) is 13.0. The Hall–Kier alpha value is -3.95. The summed E-state index contributed by atoms with van der Waals surface area (Å²) in [7, 11) is 0. The SMILES string of the molecule is CC(C)[N+]1(C(=O)c2nc3cc(-c4cccc(C(=O)O)c4)ccc3[nH]2)N=CC2=C1C(=O)CC1(CCNCC1)C2. The number of hydrogen-bond acceptors (Lipinski definition) is 6. The number of piperidine rings is 1. The molecule has 9 nitrogen and oxygen atoms in total. The molecule has 194 valence electrons. The number of carbonyl (C=O) groups excluding carboxylic acids is 2. The van der Waals surface area contributed by atoms with Crippen molar-refractivity contribution in [2.75, 3.05) is 13.1 Å². The molecular formula is C29H30N5O4+. The maximum Gasteiger partial charge on any atom is 0.413 e. The number of fused-ring (bicyclic) bond motifs is 1. The third-order valence-electron chi connectivity index (χ3n) is 8.26. The molecule has 1 fully saturated rings. The van der Waals surface area contributed by atoms with E-state index in [-0.39, 0.29) is 34.5 Å². The number of carboxylic acids is 1. The lowest BCUT2D eigenvalue weighted by Gasteiger charge is -2.41. The van der Waals surface area contributed by atoms with Crippen LogP contribution >= 0.6 is 0 Å². The molecule has 3 aromatic rings. The molecule has 1 saturated heterocycles. The van der Waals surface area contributed by atoms with Crippen molar-refractivity contribution in [1.82, 2.24) is 15.3 Å². The molecule has 38 heavy (non-hydrogen) atoms. The highest BCUT2D eigenvalue weighted by Crippen LogP contribution is 2.48. The van der Waals surface area contributed by atoms with Gasteiger partial charge in [0, 0.05) is 12.0 Å². The summed E-state index contributed by atoms with van der Waals surface area (Å²) in [4.78, 5) is 46.9. The number of aromatic amines is 1. The zero-order valence-electron chi connectivity index (χ0n) is 21.5. The van der Waals surface area contributed by atoms with Gasteiger partial charge in [-0.2, -0.15) is 0 Å². The topological polar surface area (TPSA) is 125 Å². The van der Waals surface area contributed by atoms with Gasteiger partial charge in [-0.05, 0) is 87.0 Å². The summed E-state index contributed by atoms with van der Waals surface area (Å²) < 4.78 is -0.407. The van der Waals surface area contributed by atoms with Gasteiger partial charge in [0.15, 0.2) is 0 Å². The average molecular weight is 513 g/mol. The molecule has 3 aliphatic rings. The van der Waals surface area contributed by atoms with Crippen LogP contribution < -0.4 is 5.32 Å².